The highest BCUT2D eigenvalue weighted by molar-refractivity contribution is 5.41. The molecule has 1 aliphatic heterocycles. The molecule has 0 spiro atoms. The minimum absolute atomic E-state index is 0.0302. The molecule has 3 nitrogen and oxygen atoms in total. The van der Waals surface area contributed by atoms with E-state index >= 15 is 0 Å². The van der Waals surface area contributed by atoms with Gasteiger partial charge < -0.3 is 15.2 Å². The maximum Gasteiger partial charge on any atom is 0.161 e. The third-order valence-electron chi connectivity index (χ3n) is 3.95. The Balaban J connectivity index is 1.84. The first-order chi connectivity index (χ1) is 7.53. The number of ether oxygens (including phenoxy) is 2. The maximum absolute atomic E-state index is 6.35. The molecule has 0 bridgehead atoms. The van der Waals surface area contributed by atoms with Gasteiger partial charge in [-0.05, 0) is 24.0 Å². The van der Waals surface area contributed by atoms with Crippen molar-refractivity contribution in [2.24, 2.45) is 11.1 Å². The van der Waals surface area contributed by atoms with Crippen LogP contribution in [0.15, 0.2) is 24.3 Å². The third kappa shape index (κ3) is 1.24. The zero-order chi connectivity index (χ0) is 11.4. The molecule has 1 aromatic carbocycles. The highest BCUT2D eigenvalue weighted by atomic mass is 16.6. The summed E-state index contributed by atoms with van der Waals surface area (Å²) >= 11 is 0. The number of nitrogens with two attached hydrogens (primary N) is 1. The van der Waals surface area contributed by atoms with Crippen molar-refractivity contribution in [1.82, 2.24) is 0 Å². The van der Waals surface area contributed by atoms with Crippen molar-refractivity contribution in [3.8, 4) is 11.5 Å². The first kappa shape index (κ1) is 9.97. The molecule has 1 aliphatic carbocycles. The van der Waals surface area contributed by atoms with Gasteiger partial charge in [0.1, 0.15) is 6.61 Å². The molecule has 0 radical (unpaired) electrons. The van der Waals surface area contributed by atoms with Crippen LogP contribution < -0.4 is 15.2 Å². The number of benzene rings is 1. The van der Waals surface area contributed by atoms with E-state index in [-0.39, 0.29) is 17.1 Å². The van der Waals surface area contributed by atoms with Crippen LogP contribution in [-0.2, 0) is 0 Å². The van der Waals surface area contributed by atoms with E-state index in [4.69, 9.17) is 15.2 Å². The summed E-state index contributed by atoms with van der Waals surface area (Å²) in [5.74, 6) is 1.63. The first-order valence-corrected chi connectivity index (χ1v) is 5.70. The van der Waals surface area contributed by atoms with Crippen LogP contribution in [0.1, 0.15) is 20.3 Å². The molecule has 2 aliphatic rings. The Hall–Kier alpha value is -1.22. The van der Waals surface area contributed by atoms with Crippen LogP contribution in [0, 0.1) is 5.41 Å². The molecule has 0 amide bonds. The van der Waals surface area contributed by atoms with Gasteiger partial charge in [-0.1, -0.05) is 26.0 Å². The number of rotatable bonds is 1. The Morgan fingerprint density at radius 3 is 2.50 bits per heavy atom. The first-order valence-electron chi connectivity index (χ1n) is 5.70. The lowest BCUT2D eigenvalue weighted by atomic mass is 9.99. The molecule has 1 aromatic rings. The molecule has 1 heterocycles. The van der Waals surface area contributed by atoms with Gasteiger partial charge in [0.25, 0.3) is 0 Å². The Labute approximate surface area is 95.5 Å². The van der Waals surface area contributed by atoms with E-state index in [1.54, 1.807) is 0 Å². The normalized spacial score (nSPS) is 34.6. The average molecular weight is 219 g/mol. The molecular formula is C13H17NO2. The van der Waals surface area contributed by atoms with E-state index in [0.29, 0.717) is 6.61 Å². The van der Waals surface area contributed by atoms with Gasteiger partial charge in [-0.25, -0.2) is 0 Å². The SMILES string of the molecule is CC1(C)CC1(N)C1COc2ccccc2O1. The fourth-order valence-corrected chi connectivity index (χ4v) is 2.51. The Bertz CT molecular complexity index is 430. The van der Waals surface area contributed by atoms with Crippen LogP contribution in [-0.4, -0.2) is 18.2 Å². The minimum atomic E-state index is -0.236. The van der Waals surface area contributed by atoms with E-state index in [2.05, 4.69) is 13.8 Å². The molecule has 3 rings (SSSR count). The van der Waals surface area contributed by atoms with Crippen molar-refractivity contribution in [2.45, 2.75) is 31.9 Å². The molecule has 16 heavy (non-hydrogen) atoms. The van der Waals surface area contributed by atoms with Gasteiger partial charge in [0.2, 0.25) is 0 Å². The Kier molecular flexibility index (Phi) is 1.82. The standard InChI is InChI=1S/C13H17NO2/c1-12(2)8-13(12,14)11-7-15-9-5-3-4-6-10(9)16-11/h3-6,11H,7-8,14H2,1-2H3. The van der Waals surface area contributed by atoms with Gasteiger partial charge >= 0.3 is 0 Å². The van der Waals surface area contributed by atoms with Crippen LogP contribution in [0.4, 0.5) is 0 Å². The van der Waals surface area contributed by atoms with E-state index in [0.717, 1.165) is 17.9 Å². The topological polar surface area (TPSA) is 44.5 Å². The number of para-hydroxylation sites is 2. The number of hydrogen-bond donors (Lipinski definition) is 1. The van der Waals surface area contributed by atoms with Crippen molar-refractivity contribution in [3.63, 3.8) is 0 Å². The zero-order valence-corrected chi connectivity index (χ0v) is 9.69. The van der Waals surface area contributed by atoms with E-state index in [9.17, 15) is 0 Å². The predicted molar refractivity (Wildman–Crippen MR) is 61.7 cm³/mol. The van der Waals surface area contributed by atoms with Crippen molar-refractivity contribution in [1.29, 1.82) is 0 Å². The molecule has 0 saturated heterocycles. The summed E-state index contributed by atoms with van der Waals surface area (Å²) in [4.78, 5) is 0. The van der Waals surface area contributed by atoms with Crippen LogP contribution in [0.5, 0.6) is 11.5 Å². The van der Waals surface area contributed by atoms with E-state index in [1.165, 1.54) is 0 Å². The molecule has 2 N–H and O–H groups in total. The van der Waals surface area contributed by atoms with Crippen LogP contribution in [0.2, 0.25) is 0 Å². The Morgan fingerprint density at radius 2 is 1.88 bits per heavy atom. The van der Waals surface area contributed by atoms with Crippen LogP contribution >= 0.6 is 0 Å². The van der Waals surface area contributed by atoms with Crippen LogP contribution in [0.3, 0.4) is 0 Å². The summed E-state index contributed by atoms with van der Waals surface area (Å²) in [7, 11) is 0. The largest absolute Gasteiger partial charge is 0.486 e. The molecule has 1 fully saturated rings. The predicted octanol–water partition coefficient (Wildman–Crippen LogP) is 1.95. The molecule has 2 unspecified atom stereocenters. The second kappa shape index (κ2) is 2.92. The summed E-state index contributed by atoms with van der Waals surface area (Å²) in [6.45, 7) is 4.91. The Morgan fingerprint density at radius 1 is 1.25 bits per heavy atom. The fourth-order valence-electron chi connectivity index (χ4n) is 2.51. The van der Waals surface area contributed by atoms with Gasteiger partial charge in [0.05, 0.1) is 5.54 Å². The lowest BCUT2D eigenvalue weighted by molar-refractivity contribution is 0.0550. The van der Waals surface area contributed by atoms with Gasteiger partial charge in [-0.2, -0.15) is 0 Å². The summed E-state index contributed by atoms with van der Waals surface area (Å²) in [5, 5.41) is 0. The zero-order valence-electron chi connectivity index (χ0n) is 9.69. The van der Waals surface area contributed by atoms with Gasteiger partial charge in [-0.15, -0.1) is 0 Å². The second-order valence-electron chi connectivity index (χ2n) is 5.47. The van der Waals surface area contributed by atoms with Gasteiger partial charge in [0, 0.05) is 0 Å². The molecule has 3 heteroatoms. The summed E-state index contributed by atoms with van der Waals surface area (Å²) in [6.07, 6.45) is 0.966. The van der Waals surface area contributed by atoms with Crippen molar-refractivity contribution in [2.75, 3.05) is 6.61 Å². The summed E-state index contributed by atoms with van der Waals surface area (Å²) in [6, 6.07) is 7.75. The number of fused-ring (bicyclic) bond motifs is 1. The number of hydrogen-bond acceptors (Lipinski definition) is 3. The van der Waals surface area contributed by atoms with Crippen LogP contribution in [0.25, 0.3) is 0 Å². The van der Waals surface area contributed by atoms with E-state index < -0.39 is 0 Å². The van der Waals surface area contributed by atoms with Crippen molar-refractivity contribution >= 4 is 0 Å². The van der Waals surface area contributed by atoms with Gasteiger partial charge in [-0.3, -0.25) is 0 Å². The fraction of sp³-hybridized carbons (Fsp3) is 0.538. The monoisotopic (exact) mass is 219 g/mol. The lowest BCUT2D eigenvalue weighted by Gasteiger charge is -2.32. The molecule has 2 atom stereocenters. The van der Waals surface area contributed by atoms with Crippen molar-refractivity contribution in [3.05, 3.63) is 24.3 Å². The smallest absolute Gasteiger partial charge is 0.161 e. The molecular weight excluding hydrogens is 202 g/mol. The summed E-state index contributed by atoms with van der Waals surface area (Å²) in [5.41, 5.74) is 6.28. The molecule has 0 aromatic heterocycles. The van der Waals surface area contributed by atoms with E-state index in [1.807, 2.05) is 24.3 Å². The second-order valence-corrected chi connectivity index (χ2v) is 5.47. The average Bonchev–Trinajstić information content (AvgIpc) is 2.79. The minimum Gasteiger partial charge on any atom is -0.486 e. The molecule has 1 saturated carbocycles. The highest BCUT2D eigenvalue weighted by Crippen LogP contribution is 2.57. The summed E-state index contributed by atoms with van der Waals surface area (Å²) < 4.78 is 11.6. The molecule has 86 valence electrons. The van der Waals surface area contributed by atoms with Crippen molar-refractivity contribution < 1.29 is 9.47 Å². The maximum atomic E-state index is 6.35. The highest BCUT2D eigenvalue weighted by Gasteiger charge is 2.64. The third-order valence-corrected chi connectivity index (χ3v) is 3.95. The lowest BCUT2D eigenvalue weighted by Crippen LogP contribution is -2.50. The van der Waals surface area contributed by atoms with Gasteiger partial charge in [0.15, 0.2) is 17.6 Å². The quantitative estimate of drug-likeness (QED) is 0.785.